The number of ether oxygens (including phenoxy) is 1. The lowest BCUT2D eigenvalue weighted by molar-refractivity contribution is 0.0682. The van der Waals surface area contributed by atoms with Crippen molar-refractivity contribution in [3.8, 4) is 11.5 Å². The summed E-state index contributed by atoms with van der Waals surface area (Å²) in [7, 11) is 0. The second-order valence-electron chi connectivity index (χ2n) is 8.13. The summed E-state index contributed by atoms with van der Waals surface area (Å²) in [5.74, 6) is -0.758. The number of aromatic hydroxyl groups is 1. The van der Waals surface area contributed by atoms with Gasteiger partial charge in [0.1, 0.15) is 17.6 Å². The smallest absolute Gasteiger partial charge is 0.255 e. The SMILES string of the molecule is CC1C(=O)c2cc(O)cc(C(=O)NCCN3CCCCC3)c2OC1c1ccccc1. The first-order valence-electron chi connectivity index (χ1n) is 10.7. The molecule has 0 aromatic heterocycles. The molecule has 2 aliphatic rings. The molecule has 0 spiro atoms. The zero-order chi connectivity index (χ0) is 21.1. The summed E-state index contributed by atoms with van der Waals surface area (Å²) in [4.78, 5) is 28.3. The second-order valence-corrected chi connectivity index (χ2v) is 8.13. The van der Waals surface area contributed by atoms with Gasteiger partial charge in [-0.2, -0.15) is 0 Å². The Kier molecular flexibility index (Phi) is 6.04. The summed E-state index contributed by atoms with van der Waals surface area (Å²) in [6.07, 6.45) is 3.19. The van der Waals surface area contributed by atoms with E-state index in [0.717, 1.165) is 25.2 Å². The molecule has 1 amide bonds. The van der Waals surface area contributed by atoms with Crippen LogP contribution >= 0.6 is 0 Å². The number of ketones is 1. The maximum Gasteiger partial charge on any atom is 0.255 e. The van der Waals surface area contributed by atoms with Crippen LogP contribution in [-0.2, 0) is 0 Å². The number of fused-ring (bicyclic) bond motifs is 1. The highest BCUT2D eigenvalue weighted by Gasteiger charge is 2.37. The fraction of sp³-hybridized carbons (Fsp3) is 0.417. The molecule has 30 heavy (non-hydrogen) atoms. The van der Waals surface area contributed by atoms with Crippen LogP contribution in [0.4, 0.5) is 0 Å². The second kappa shape index (κ2) is 8.88. The van der Waals surface area contributed by atoms with Crippen molar-refractivity contribution in [2.75, 3.05) is 26.2 Å². The fourth-order valence-corrected chi connectivity index (χ4v) is 4.31. The topological polar surface area (TPSA) is 78.9 Å². The van der Waals surface area contributed by atoms with E-state index in [1.165, 1.54) is 31.4 Å². The lowest BCUT2D eigenvalue weighted by Crippen LogP contribution is -2.38. The Morgan fingerprint density at radius 3 is 2.63 bits per heavy atom. The van der Waals surface area contributed by atoms with Crippen LogP contribution in [-0.4, -0.2) is 47.9 Å². The van der Waals surface area contributed by atoms with Gasteiger partial charge in [-0.3, -0.25) is 9.59 Å². The Labute approximate surface area is 176 Å². The van der Waals surface area contributed by atoms with Gasteiger partial charge in [-0.05, 0) is 43.6 Å². The average molecular weight is 408 g/mol. The Balaban J connectivity index is 1.55. The maximum absolute atomic E-state index is 13.0. The van der Waals surface area contributed by atoms with E-state index < -0.39 is 12.0 Å². The minimum absolute atomic E-state index is 0.114. The highest BCUT2D eigenvalue weighted by atomic mass is 16.5. The van der Waals surface area contributed by atoms with E-state index in [9.17, 15) is 14.7 Å². The third-order valence-electron chi connectivity index (χ3n) is 5.99. The highest BCUT2D eigenvalue weighted by molar-refractivity contribution is 6.07. The van der Waals surface area contributed by atoms with Crippen molar-refractivity contribution in [3.63, 3.8) is 0 Å². The van der Waals surface area contributed by atoms with Gasteiger partial charge in [0.25, 0.3) is 5.91 Å². The van der Waals surface area contributed by atoms with E-state index >= 15 is 0 Å². The van der Waals surface area contributed by atoms with Crippen molar-refractivity contribution in [1.29, 1.82) is 0 Å². The van der Waals surface area contributed by atoms with Crippen LogP contribution in [0.15, 0.2) is 42.5 Å². The minimum Gasteiger partial charge on any atom is -0.508 e. The number of benzene rings is 2. The van der Waals surface area contributed by atoms with Gasteiger partial charge in [0.2, 0.25) is 0 Å². The van der Waals surface area contributed by atoms with Crippen molar-refractivity contribution < 1.29 is 19.4 Å². The Bertz CT molecular complexity index is 922. The van der Waals surface area contributed by atoms with Crippen LogP contribution in [0.2, 0.25) is 0 Å². The third-order valence-corrected chi connectivity index (χ3v) is 5.99. The summed E-state index contributed by atoms with van der Waals surface area (Å²) < 4.78 is 6.20. The van der Waals surface area contributed by atoms with Gasteiger partial charge in [0, 0.05) is 13.1 Å². The number of phenolic OH excluding ortho intramolecular Hbond substituents is 1. The van der Waals surface area contributed by atoms with Crippen molar-refractivity contribution in [1.82, 2.24) is 10.2 Å². The molecule has 0 bridgehead atoms. The minimum atomic E-state index is -0.476. The van der Waals surface area contributed by atoms with Crippen molar-refractivity contribution in [3.05, 3.63) is 59.2 Å². The molecular weight excluding hydrogens is 380 g/mol. The number of hydrogen-bond donors (Lipinski definition) is 2. The molecule has 2 aliphatic heterocycles. The van der Waals surface area contributed by atoms with Crippen molar-refractivity contribution >= 4 is 11.7 Å². The van der Waals surface area contributed by atoms with E-state index in [0.29, 0.717) is 6.54 Å². The summed E-state index contributed by atoms with van der Waals surface area (Å²) in [5, 5.41) is 13.1. The van der Waals surface area contributed by atoms with Crippen LogP contribution in [0, 0.1) is 5.92 Å². The van der Waals surface area contributed by atoms with Gasteiger partial charge in [-0.25, -0.2) is 0 Å². The van der Waals surface area contributed by atoms with Gasteiger partial charge in [0.05, 0.1) is 17.0 Å². The van der Waals surface area contributed by atoms with Crippen LogP contribution in [0.1, 0.15) is 58.6 Å². The summed E-state index contributed by atoms with van der Waals surface area (Å²) in [5.41, 5.74) is 1.34. The van der Waals surface area contributed by atoms with Crippen LogP contribution in [0.25, 0.3) is 0 Å². The lowest BCUT2D eigenvalue weighted by atomic mass is 9.86. The Hall–Kier alpha value is -2.86. The number of amides is 1. The van der Waals surface area contributed by atoms with Crippen LogP contribution < -0.4 is 10.1 Å². The molecule has 0 aliphatic carbocycles. The van der Waals surface area contributed by atoms with Crippen LogP contribution in [0.5, 0.6) is 11.5 Å². The highest BCUT2D eigenvalue weighted by Crippen LogP contribution is 2.42. The number of piperidine rings is 1. The van der Waals surface area contributed by atoms with Gasteiger partial charge in [-0.1, -0.05) is 43.7 Å². The van der Waals surface area contributed by atoms with E-state index in [2.05, 4.69) is 10.2 Å². The Morgan fingerprint density at radius 1 is 1.17 bits per heavy atom. The summed E-state index contributed by atoms with van der Waals surface area (Å²) >= 11 is 0. The van der Waals surface area contributed by atoms with Gasteiger partial charge in [0.15, 0.2) is 5.78 Å². The molecule has 2 unspecified atom stereocenters. The molecule has 2 heterocycles. The van der Waals surface area contributed by atoms with E-state index in [1.807, 2.05) is 37.3 Å². The predicted octanol–water partition coefficient (Wildman–Crippen LogP) is 3.56. The van der Waals surface area contributed by atoms with Crippen molar-refractivity contribution in [2.45, 2.75) is 32.3 Å². The lowest BCUT2D eigenvalue weighted by Gasteiger charge is -2.32. The zero-order valence-electron chi connectivity index (χ0n) is 17.3. The molecule has 1 saturated heterocycles. The molecule has 6 heteroatoms. The molecule has 2 aromatic rings. The number of phenols is 1. The maximum atomic E-state index is 13.0. The van der Waals surface area contributed by atoms with Crippen LogP contribution in [0.3, 0.4) is 0 Å². The number of hydrogen-bond acceptors (Lipinski definition) is 5. The largest absolute Gasteiger partial charge is 0.508 e. The van der Waals surface area contributed by atoms with E-state index in [-0.39, 0.29) is 34.3 Å². The molecule has 0 saturated carbocycles. The number of likely N-dealkylation sites (tertiary alicyclic amines) is 1. The number of nitrogens with zero attached hydrogens (tertiary/aromatic N) is 1. The molecule has 2 N–H and O–H groups in total. The molecule has 158 valence electrons. The number of carbonyl (C=O) groups is 2. The molecule has 2 aromatic carbocycles. The average Bonchev–Trinajstić information content (AvgIpc) is 2.77. The number of Topliss-reactive ketones (excluding diaryl/α,β-unsaturated/α-hetero) is 1. The van der Waals surface area contributed by atoms with Gasteiger partial charge >= 0.3 is 0 Å². The Morgan fingerprint density at radius 2 is 1.90 bits per heavy atom. The van der Waals surface area contributed by atoms with Crippen molar-refractivity contribution in [2.24, 2.45) is 5.92 Å². The van der Waals surface area contributed by atoms with E-state index in [4.69, 9.17) is 4.74 Å². The summed E-state index contributed by atoms with van der Waals surface area (Å²) in [6, 6.07) is 12.3. The number of carbonyl (C=O) groups excluding carboxylic acids is 2. The van der Waals surface area contributed by atoms with Gasteiger partial charge < -0.3 is 20.1 Å². The first-order valence-corrected chi connectivity index (χ1v) is 10.7. The number of nitrogens with one attached hydrogen (secondary N) is 1. The van der Waals surface area contributed by atoms with Gasteiger partial charge in [-0.15, -0.1) is 0 Å². The van der Waals surface area contributed by atoms with E-state index in [1.54, 1.807) is 0 Å². The first-order chi connectivity index (χ1) is 14.5. The normalized spacial score (nSPS) is 21.6. The summed E-state index contributed by atoms with van der Waals surface area (Å²) in [6.45, 7) is 5.23. The molecule has 0 radical (unpaired) electrons. The molecular formula is C24H28N2O4. The molecule has 6 nitrogen and oxygen atoms in total. The molecule has 1 fully saturated rings. The fourth-order valence-electron chi connectivity index (χ4n) is 4.31. The zero-order valence-corrected chi connectivity index (χ0v) is 17.3. The first kappa shape index (κ1) is 20.4. The standard InChI is InChI=1S/C24H28N2O4/c1-16-21(28)19-14-18(27)15-20(23(19)30-22(16)17-8-4-2-5-9-17)24(29)25-10-13-26-11-6-3-7-12-26/h2,4-5,8-9,14-16,22,27H,3,6-7,10-13H2,1H3,(H,25,29). The quantitative estimate of drug-likeness (QED) is 0.791. The molecule has 2 atom stereocenters. The molecule has 4 rings (SSSR count). The predicted molar refractivity (Wildman–Crippen MR) is 114 cm³/mol. The monoisotopic (exact) mass is 408 g/mol. The third kappa shape index (κ3) is 4.19. The number of rotatable bonds is 5.